The van der Waals surface area contributed by atoms with Crippen LogP contribution in [-0.2, 0) is 9.53 Å². The van der Waals surface area contributed by atoms with E-state index in [1.54, 1.807) is 33.8 Å². The summed E-state index contributed by atoms with van der Waals surface area (Å²) in [4.78, 5) is 32.0. The van der Waals surface area contributed by atoms with E-state index < -0.39 is 36.0 Å². The fourth-order valence-corrected chi connectivity index (χ4v) is 5.09. The predicted molar refractivity (Wildman–Crippen MR) is 160 cm³/mol. The smallest absolute Gasteiger partial charge is 0.429 e. The largest absolute Gasteiger partial charge is 0.480 e. The Morgan fingerprint density at radius 2 is 1.93 bits per heavy atom. The van der Waals surface area contributed by atoms with Gasteiger partial charge in [-0.1, -0.05) is 23.7 Å². The number of aromatic nitrogens is 4. The van der Waals surface area contributed by atoms with Crippen LogP contribution in [0.5, 0.6) is 5.88 Å². The summed E-state index contributed by atoms with van der Waals surface area (Å²) in [5.41, 5.74) is 6.54. The van der Waals surface area contributed by atoms with Gasteiger partial charge in [0.15, 0.2) is 0 Å². The lowest BCUT2D eigenvalue weighted by Gasteiger charge is -2.26. The van der Waals surface area contributed by atoms with Crippen molar-refractivity contribution in [1.82, 2.24) is 25.1 Å². The summed E-state index contributed by atoms with van der Waals surface area (Å²) in [6.45, 7) is 6.72. The third-order valence-electron chi connectivity index (χ3n) is 6.91. The van der Waals surface area contributed by atoms with Gasteiger partial charge in [-0.25, -0.2) is 19.3 Å². The molecule has 0 spiro atoms. The molecule has 0 fully saturated rings. The van der Waals surface area contributed by atoms with E-state index in [4.69, 9.17) is 26.8 Å². The number of anilines is 1. The first-order valence-corrected chi connectivity index (χ1v) is 14.5. The number of halogens is 4. The Balaban J connectivity index is 1.54. The molecular weight excluding hydrogens is 617 g/mol. The number of alkyl halides is 3. The molecule has 11 nitrogen and oxygen atoms in total. The minimum absolute atomic E-state index is 0.0852. The van der Waals surface area contributed by atoms with E-state index in [0.717, 1.165) is 0 Å². The minimum Gasteiger partial charge on any atom is -0.480 e. The number of ether oxygens (including phenoxy) is 2. The second-order valence-corrected chi connectivity index (χ2v) is 12.2. The summed E-state index contributed by atoms with van der Waals surface area (Å²) in [7, 11) is 0. The third-order valence-corrected chi connectivity index (χ3v) is 7.14. The van der Waals surface area contributed by atoms with E-state index in [9.17, 15) is 27.9 Å². The molecule has 0 saturated carbocycles. The Labute approximate surface area is 262 Å². The Morgan fingerprint density at radius 3 is 2.51 bits per heavy atom. The van der Waals surface area contributed by atoms with Gasteiger partial charge in [0.2, 0.25) is 17.9 Å². The Morgan fingerprint density at radius 1 is 1.20 bits per heavy atom. The number of rotatable bonds is 9. The number of benzene rings is 1. The zero-order chi connectivity index (χ0) is 33.1. The maximum absolute atomic E-state index is 14.5. The van der Waals surface area contributed by atoms with Gasteiger partial charge in [0, 0.05) is 22.8 Å². The van der Waals surface area contributed by atoms with Gasteiger partial charge in [-0.3, -0.25) is 0 Å². The number of carboxylic acids is 1. The lowest BCUT2D eigenvalue weighted by molar-refractivity contribution is -0.198. The van der Waals surface area contributed by atoms with E-state index in [1.165, 1.54) is 35.1 Å². The highest BCUT2D eigenvalue weighted by Crippen LogP contribution is 2.40. The van der Waals surface area contributed by atoms with Crippen molar-refractivity contribution in [2.45, 2.75) is 77.3 Å². The number of carbonyl (C=O) groups excluding carboxylic acids is 1. The molecule has 2 aromatic heterocycles. The predicted octanol–water partition coefficient (Wildman–Crippen LogP) is 6.44. The quantitative estimate of drug-likeness (QED) is 0.237. The highest BCUT2D eigenvalue weighted by molar-refractivity contribution is 6.30. The molecule has 242 valence electrons. The van der Waals surface area contributed by atoms with Crippen LogP contribution < -0.4 is 15.8 Å². The number of nitrogens with zero attached hydrogens (tertiary/aromatic N) is 4. The molecule has 0 aliphatic heterocycles. The average Bonchev–Trinajstić information content (AvgIpc) is 3.36. The summed E-state index contributed by atoms with van der Waals surface area (Å²) in [5.74, 6) is -1.94. The number of carboxylic acid groups (broad SMARTS) is 1. The maximum atomic E-state index is 14.5. The number of aryl methyl sites for hydroxylation is 1. The van der Waals surface area contributed by atoms with Crippen LogP contribution in [0.4, 0.5) is 23.9 Å². The first kappa shape index (κ1) is 33.6. The SMILES string of the molecule is Cc1ccn(-c2cc(Cl)ccc2[C@@H](Oc2cc(C3=CCC(CC(NC(=O)OC(C)(C)C)C(=O)O)CC3)nc(N)n2)C(F)(F)F)n1. The molecule has 2 heterocycles. The maximum Gasteiger partial charge on any atom is 0.429 e. The van der Waals surface area contributed by atoms with Crippen molar-refractivity contribution in [1.29, 1.82) is 0 Å². The summed E-state index contributed by atoms with van der Waals surface area (Å²) < 4.78 is 55.3. The number of hydrogen-bond acceptors (Lipinski definition) is 8. The molecule has 4 N–H and O–H groups in total. The van der Waals surface area contributed by atoms with Gasteiger partial charge in [-0.2, -0.15) is 23.3 Å². The number of hydrogen-bond donors (Lipinski definition) is 3. The number of nitrogen functional groups attached to an aromatic ring is 1. The Hall–Kier alpha value is -4.33. The average molecular weight is 651 g/mol. The molecule has 0 radical (unpaired) electrons. The van der Waals surface area contributed by atoms with Crippen LogP contribution in [0.1, 0.15) is 69.5 Å². The summed E-state index contributed by atoms with van der Waals surface area (Å²) in [6.07, 6.45) is -3.20. The van der Waals surface area contributed by atoms with Crippen molar-refractivity contribution in [3.8, 4) is 11.6 Å². The zero-order valence-corrected chi connectivity index (χ0v) is 25.8. The molecule has 1 aliphatic carbocycles. The number of allylic oxidation sites excluding steroid dienone is 2. The van der Waals surface area contributed by atoms with E-state index in [-0.39, 0.29) is 46.1 Å². The summed E-state index contributed by atoms with van der Waals surface area (Å²) in [6, 6.07) is 5.71. The number of nitrogens with two attached hydrogens (primary N) is 1. The van der Waals surface area contributed by atoms with Gasteiger partial charge < -0.3 is 25.6 Å². The number of carbonyl (C=O) groups is 2. The van der Waals surface area contributed by atoms with Gasteiger partial charge in [0.25, 0.3) is 0 Å². The van der Waals surface area contributed by atoms with Crippen LogP contribution in [-0.4, -0.2) is 54.7 Å². The molecule has 2 unspecified atom stereocenters. The topological polar surface area (TPSA) is 154 Å². The van der Waals surface area contributed by atoms with Gasteiger partial charge >= 0.3 is 18.2 Å². The second kappa shape index (κ2) is 13.3. The molecule has 15 heteroatoms. The highest BCUT2D eigenvalue weighted by Gasteiger charge is 2.45. The van der Waals surface area contributed by atoms with Crippen molar-refractivity contribution in [2.75, 3.05) is 5.73 Å². The lowest BCUT2D eigenvalue weighted by atomic mass is 9.84. The molecule has 1 aromatic carbocycles. The van der Waals surface area contributed by atoms with E-state index in [2.05, 4.69) is 20.4 Å². The Kier molecular flexibility index (Phi) is 9.95. The molecule has 4 rings (SSSR count). The van der Waals surface area contributed by atoms with E-state index in [0.29, 0.717) is 30.5 Å². The molecule has 45 heavy (non-hydrogen) atoms. The van der Waals surface area contributed by atoms with Crippen molar-refractivity contribution in [2.24, 2.45) is 5.92 Å². The van der Waals surface area contributed by atoms with Crippen LogP contribution in [0.25, 0.3) is 11.3 Å². The van der Waals surface area contributed by atoms with Gasteiger partial charge in [0.05, 0.1) is 17.1 Å². The normalized spacial score (nSPS) is 16.8. The fraction of sp³-hybridized carbons (Fsp3) is 0.433. The van der Waals surface area contributed by atoms with Crippen molar-refractivity contribution in [3.63, 3.8) is 0 Å². The molecule has 3 atom stereocenters. The molecule has 1 amide bonds. The Bertz CT molecular complexity index is 1590. The second-order valence-electron chi connectivity index (χ2n) is 11.7. The van der Waals surface area contributed by atoms with E-state index >= 15 is 0 Å². The monoisotopic (exact) mass is 650 g/mol. The van der Waals surface area contributed by atoms with Crippen LogP contribution in [0.3, 0.4) is 0 Å². The van der Waals surface area contributed by atoms with Crippen molar-refractivity contribution >= 4 is 35.2 Å². The zero-order valence-electron chi connectivity index (χ0n) is 25.1. The van der Waals surface area contributed by atoms with Crippen LogP contribution in [0.15, 0.2) is 42.6 Å². The molecule has 1 aliphatic rings. The first-order chi connectivity index (χ1) is 21.0. The highest BCUT2D eigenvalue weighted by atomic mass is 35.5. The first-order valence-electron chi connectivity index (χ1n) is 14.1. The van der Waals surface area contributed by atoms with E-state index in [1.807, 2.05) is 6.08 Å². The van der Waals surface area contributed by atoms with Crippen molar-refractivity contribution in [3.05, 3.63) is 64.6 Å². The number of aliphatic carboxylic acids is 1. The lowest BCUT2D eigenvalue weighted by Crippen LogP contribution is -2.44. The molecule has 0 bridgehead atoms. The molecular formula is C30H34ClF3N6O5. The van der Waals surface area contributed by atoms with Gasteiger partial charge in [0.1, 0.15) is 11.6 Å². The van der Waals surface area contributed by atoms with Crippen LogP contribution >= 0.6 is 11.6 Å². The standard InChI is InChI=1S/C30H34ClF3N6O5/c1-16-11-12-40(39-16)23-14-19(31)9-10-20(23)25(30(32,33)34)44-24-15-21(36-27(35)38-24)18-7-5-17(6-8-18)13-22(26(41)42)37-28(43)45-29(2,3)4/h7,9-12,14-15,17,22,25H,5-6,8,13H2,1-4H3,(H,37,43)(H,41,42)(H2,35,36,38)/t17?,22?,25-/m1/s1. The van der Waals surface area contributed by atoms with Crippen molar-refractivity contribution < 1.29 is 37.3 Å². The van der Waals surface area contributed by atoms with Crippen LogP contribution in [0.2, 0.25) is 5.02 Å². The number of nitrogens with one attached hydrogen (secondary N) is 1. The number of alkyl carbamates (subject to hydrolysis) is 1. The third kappa shape index (κ3) is 9.10. The molecule has 3 aromatic rings. The van der Waals surface area contributed by atoms with Gasteiger partial charge in [-0.15, -0.1) is 0 Å². The number of amides is 1. The molecule has 0 saturated heterocycles. The summed E-state index contributed by atoms with van der Waals surface area (Å²) in [5, 5.41) is 16.5. The van der Waals surface area contributed by atoms with Gasteiger partial charge in [-0.05, 0) is 83.1 Å². The summed E-state index contributed by atoms with van der Waals surface area (Å²) >= 11 is 6.12. The minimum atomic E-state index is -4.85. The van der Waals surface area contributed by atoms with Crippen LogP contribution in [0, 0.1) is 12.8 Å². The fourth-order valence-electron chi connectivity index (χ4n) is 4.92.